The molecule has 0 aromatic heterocycles. The van der Waals surface area contributed by atoms with Crippen LogP contribution in [-0.2, 0) is 30.3 Å². The molecule has 0 bridgehead atoms. The first-order valence-electron chi connectivity index (χ1n) is 7.36. The van der Waals surface area contributed by atoms with Crippen LogP contribution in [0, 0.1) is 10.1 Å². The van der Waals surface area contributed by atoms with Gasteiger partial charge in [-0.1, -0.05) is 15.9 Å². The Morgan fingerprint density at radius 3 is 2.64 bits per heavy atom. The van der Waals surface area contributed by atoms with E-state index in [2.05, 4.69) is 20.7 Å². The minimum atomic E-state index is -1.19. The van der Waals surface area contributed by atoms with Crippen LogP contribution in [0.25, 0.3) is 0 Å². The summed E-state index contributed by atoms with van der Waals surface area (Å²) in [5.41, 5.74) is -0.0117. The van der Waals surface area contributed by atoms with Crippen molar-refractivity contribution in [2.45, 2.75) is 25.8 Å². The van der Waals surface area contributed by atoms with Crippen molar-refractivity contribution in [3.8, 4) is 0 Å². The van der Waals surface area contributed by atoms with E-state index in [1.54, 1.807) is 6.07 Å². The Morgan fingerprint density at radius 1 is 1.40 bits per heavy atom. The largest absolute Gasteiger partial charge is 0.467 e. The predicted molar refractivity (Wildman–Crippen MR) is 89.0 cm³/mol. The number of carbonyl (C=O) groups excluding carboxylic acids is 3. The van der Waals surface area contributed by atoms with Crippen molar-refractivity contribution < 1.29 is 28.8 Å². The van der Waals surface area contributed by atoms with Crippen LogP contribution in [-0.4, -0.2) is 42.5 Å². The summed E-state index contributed by atoms with van der Waals surface area (Å²) in [5, 5.41) is 11.4. The summed E-state index contributed by atoms with van der Waals surface area (Å²) in [5.74, 6) is -3.11. The number of aryl methyl sites for hydroxylation is 1. The van der Waals surface area contributed by atoms with Gasteiger partial charge in [0.1, 0.15) is 11.7 Å². The van der Waals surface area contributed by atoms with Crippen molar-refractivity contribution in [2.75, 3.05) is 18.6 Å². The quantitative estimate of drug-likeness (QED) is 0.320. The van der Waals surface area contributed by atoms with Crippen LogP contribution in [0.4, 0.5) is 11.4 Å². The number of amides is 1. The van der Waals surface area contributed by atoms with Gasteiger partial charge in [0.25, 0.3) is 5.69 Å². The maximum atomic E-state index is 12.6. The Morgan fingerprint density at radius 2 is 2.08 bits per heavy atom. The first-order chi connectivity index (χ1) is 11.8. The third-order valence-corrected chi connectivity index (χ3v) is 4.17. The molecule has 1 heterocycles. The van der Waals surface area contributed by atoms with E-state index in [9.17, 15) is 24.5 Å². The van der Waals surface area contributed by atoms with Gasteiger partial charge in [-0.2, -0.15) is 0 Å². The third-order valence-electron chi connectivity index (χ3n) is 3.71. The molecule has 25 heavy (non-hydrogen) atoms. The average Bonchev–Trinajstić information content (AvgIpc) is 2.58. The first-order valence-corrected chi connectivity index (χ1v) is 8.16. The van der Waals surface area contributed by atoms with Crippen LogP contribution >= 0.6 is 15.9 Å². The lowest BCUT2D eigenvalue weighted by Gasteiger charge is -2.34. The second-order valence-electron chi connectivity index (χ2n) is 5.16. The summed E-state index contributed by atoms with van der Waals surface area (Å²) in [6.45, 7) is 1.48. The van der Waals surface area contributed by atoms with Gasteiger partial charge in [0.05, 0.1) is 18.6 Å². The molecule has 1 amide bonds. The summed E-state index contributed by atoms with van der Waals surface area (Å²) in [4.78, 5) is 48.1. The molecule has 10 heteroatoms. The van der Waals surface area contributed by atoms with Gasteiger partial charge in [0, 0.05) is 10.5 Å². The molecule has 134 valence electrons. The molecule has 0 spiro atoms. The van der Waals surface area contributed by atoms with Crippen molar-refractivity contribution in [3.63, 3.8) is 0 Å². The Balaban J connectivity index is 2.65. The molecule has 0 unspecified atom stereocenters. The number of nitrogens with zero attached hydrogens (tertiary/aromatic N) is 2. The number of benzene rings is 1. The highest BCUT2D eigenvalue weighted by atomic mass is 79.9. The van der Waals surface area contributed by atoms with E-state index < -0.39 is 34.5 Å². The Bertz CT molecular complexity index is 750. The number of fused-ring (bicyclic) bond motifs is 1. The number of halogens is 1. The highest BCUT2D eigenvalue weighted by molar-refractivity contribution is 9.10. The molecule has 0 aliphatic carbocycles. The maximum Gasteiger partial charge on any atom is 0.397 e. The van der Waals surface area contributed by atoms with Crippen molar-refractivity contribution >= 4 is 45.2 Å². The molecular formula is C15H15BrN2O7. The number of hydrogen-bond donors (Lipinski definition) is 0. The number of rotatable bonds is 3. The second-order valence-corrected chi connectivity index (χ2v) is 6.08. The van der Waals surface area contributed by atoms with E-state index >= 15 is 0 Å². The third kappa shape index (κ3) is 3.63. The van der Waals surface area contributed by atoms with Gasteiger partial charge in [0.15, 0.2) is 0 Å². The molecule has 0 N–H and O–H groups in total. The monoisotopic (exact) mass is 414 g/mol. The average molecular weight is 415 g/mol. The highest BCUT2D eigenvalue weighted by Crippen LogP contribution is 2.41. The van der Waals surface area contributed by atoms with Crippen LogP contribution < -0.4 is 4.90 Å². The standard InChI is InChI=1S/C15H15BrN2O7/c1-3-25-15(21)13(19)17-10(14(20)24-2)5-4-8-6-9(16)7-11(12(8)17)18(22)23/h6-7,10H,3-5H2,1-2H3/t10-/m1/s1. The molecule has 0 saturated carbocycles. The van der Waals surface area contributed by atoms with Crippen LogP contribution in [0.1, 0.15) is 18.9 Å². The zero-order chi connectivity index (χ0) is 18.7. The molecule has 1 aliphatic heterocycles. The number of carbonyl (C=O) groups is 3. The predicted octanol–water partition coefficient (Wildman–Crippen LogP) is 1.74. The van der Waals surface area contributed by atoms with Gasteiger partial charge in [-0.05, 0) is 31.4 Å². The number of ether oxygens (including phenoxy) is 2. The fourth-order valence-corrected chi connectivity index (χ4v) is 3.21. The lowest BCUT2D eigenvalue weighted by Crippen LogP contribution is -2.51. The summed E-state index contributed by atoms with van der Waals surface area (Å²) >= 11 is 3.19. The Hall–Kier alpha value is -2.49. The summed E-state index contributed by atoms with van der Waals surface area (Å²) in [7, 11) is 1.14. The van der Waals surface area contributed by atoms with Crippen LogP contribution in [0.15, 0.2) is 16.6 Å². The van der Waals surface area contributed by atoms with Gasteiger partial charge in [-0.15, -0.1) is 0 Å². The molecule has 1 aromatic carbocycles. The topological polar surface area (TPSA) is 116 Å². The zero-order valence-electron chi connectivity index (χ0n) is 13.5. The van der Waals surface area contributed by atoms with Gasteiger partial charge < -0.3 is 9.47 Å². The van der Waals surface area contributed by atoms with E-state index in [-0.39, 0.29) is 18.7 Å². The van der Waals surface area contributed by atoms with Crippen LogP contribution in [0.2, 0.25) is 0 Å². The number of nitro benzene ring substituents is 1. The van der Waals surface area contributed by atoms with Gasteiger partial charge in [0.2, 0.25) is 0 Å². The van der Waals surface area contributed by atoms with E-state index in [0.29, 0.717) is 16.5 Å². The molecule has 9 nitrogen and oxygen atoms in total. The van der Waals surface area contributed by atoms with Crippen molar-refractivity contribution in [3.05, 3.63) is 32.3 Å². The molecule has 0 radical (unpaired) electrons. The minimum absolute atomic E-state index is 0.0450. The Labute approximate surface area is 151 Å². The first kappa shape index (κ1) is 18.8. The number of nitro groups is 1. The number of anilines is 1. The summed E-state index contributed by atoms with van der Waals surface area (Å²) in [6, 6.07) is 1.68. The van der Waals surface area contributed by atoms with Crippen LogP contribution in [0.3, 0.4) is 0 Å². The fourth-order valence-electron chi connectivity index (χ4n) is 2.72. The number of esters is 2. The molecule has 2 rings (SSSR count). The molecule has 1 atom stereocenters. The smallest absolute Gasteiger partial charge is 0.397 e. The molecular weight excluding hydrogens is 400 g/mol. The fraction of sp³-hybridized carbons (Fsp3) is 0.400. The normalized spacial score (nSPS) is 16.0. The van der Waals surface area contributed by atoms with E-state index in [4.69, 9.17) is 4.74 Å². The second kappa shape index (κ2) is 7.60. The molecule has 1 aliphatic rings. The van der Waals surface area contributed by atoms with Crippen LogP contribution in [0.5, 0.6) is 0 Å². The summed E-state index contributed by atoms with van der Waals surface area (Å²) < 4.78 is 9.84. The molecule has 0 saturated heterocycles. The number of hydrogen-bond acceptors (Lipinski definition) is 7. The minimum Gasteiger partial charge on any atom is -0.467 e. The van der Waals surface area contributed by atoms with Gasteiger partial charge in [-0.3, -0.25) is 19.8 Å². The Kier molecular flexibility index (Phi) is 5.73. The lowest BCUT2D eigenvalue weighted by atomic mass is 9.94. The maximum absolute atomic E-state index is 12.6. The molecule has 0 fully saturated rings. The van der Waals surface area contributed by atoms with E-state index in [0.717, 1.165) is 12.0 Å². The van der Waals surface area contributed by atoms with Crippen molar-refractivity contribution in [1.82, 2.24) is 0 Å². The van der Waals surface area contributed by atoms with Gasteiger partial charge in [-0.25, -0.2) is 9.59 Å². The van der Waals surface area contributed by atoms with E-state index in [1.165, 1.54) is 13.0 Å². The molecule has 1 aromatic rings. The zero-order valence-corrected chi connectivity index (χ0v) is 15.1. The highest BCUT2D eigenvalue weighted by Gasteiger charge is 2.43. The van der Waals surface area contributed by atoms with E-state index in [1.807, 2.05) is 0 Å². The van der Waals surface area contributed by atoms with Crippen molar-refractivity contribution in [2.24, 2.45) is 0 Å². The number of methoxy groups -OCH3 is 1. The van der Waals surface area contributed by atoms with Gasteiger partial charge >= 0.3 is 17.8 Å². The summed E-state index contributed by atoms with van der Waals surface area (Å²) in [6.07, 6.45) is 0.473. The van der Waals surface area contributed by atoms with Crippen molar-refractivity contribution in [1.29, 1.82) is 0 Å². The lowest BCUT2D eigenvalue weighted by molar-refractivity contribution is -0.384. The SMILES string of the molecule is CCOC(=O)C(=O)N1c2c(cc(Br)cc2[N+](=O)[O-])CC[C@@H]1C(=O)OC.